The minimum Gasteiger partial charge on any atom is -0.366 e. The summed E-state index contributed by atoms with van der Waals surface area (Å²) in [5.41, 5.74) is 1.33. The van der Waals surface area contributed by atoms with Crippen LogP contribution in [-0.4, -0.2) is 36.4 Å². The van der Waals surface area contributed by atoms with Crippen LogP contribution < -0.4 is 15.5 Å². The quantitative estimate of drug-likeness (QED) is 0.483. The van der Waals surface area contributed by atoms with Crippen molar-refractivity contribution in [3.8, 4) is 0 Å². The van der Waals surface area contributed by atoms with E-state index in [9.17, 15) is 19.7 Å². The van der Waals surface area contributed by atoms with E-state index < -0.39 is 10.8 Å². The van der Waals surface area contributed by atoms with E-state index in [1.165, 1.54) is 6.07 Å². The van der Waals surface area contributed by atoms with E-state index >= 15 is 0 Å². The maximum atomic E-state index is 12.3. The number of halogens is 1. The van der Waals surface area contributed by atoms with Crippen molar-refractivity contribution >= 4 is 44.8 Å². The van der Waals surface area contributed by atoms with Gasteiger partial charge in [0.05, 0.1) is 4.92 Å². The van der Waals surface area contributed by atoms with Gasteiger partial charge in [-0.2, -0.15) is 0 Å². The number of benzene rings is 2. The number of carbonyl (C=O) groups is 2. The van der Waals surface area contributed by atoms with Gasteiger partial charge in [0.15, 0.2) is 0 Å². The van der Waals surface area contributed by atoms with E-state index in [0.717, 1.165) is 30.4 Å². The second kappa shape index (κ2) is 9.51. The van der Waals surface area contributed by atoms with Gasteiger partial charge in [0.2, 0.25) is 5.91 Å². The van der Waals surface area contributed by atoms with Crippen molar-refractivity contribution in [3.05, 3.63) is 62.6 Å². The smallest absolute Gasteiger partial charge is 0.293 e. The number of nitrogens with zero attached hydrogens (tertiary/aromatic N) is 2. The van der Waals surface area contributed by atoms with E-state index in [1.807, 2.05) is 17.0 Å². The monoisotopic (exact) mass is 460 g/mol. The summed E-state index contributed by atoms with van der Waals surface area (Å²) >= 11 is 3.32. The molecule has 2 N–H and O–H groups in total. The predicted octanol–water partition coefficient (Wildman–Crippen LogP) is 3.72. The summed E-state index contributed by atoms with van der Waals surface area (Å²) in [5, 5.41) is 16.8. The van der Waals surface area contributed by atoms with Crippen LogP contribution in [0.1, 0.15) is 29.6 Å². The Morgan fingerprint density at radius 2 is 1.79 bits per heavy atom. The van der Waals surface area contributed by atoms with Gasteiger partial charge in [-0.3, -0.25) is 19.7 Å². The van der Waals surface area contributed by atoms with Crippen molar-refractivity contribution in [2.75, 3.05) is 29.9 Å². The van der Waals surface area contributed by atoms with Gasteiger partial charge in [0, 0.05) is 47.8 Å². The molecule has 2 aromatic carbocycles. The third-order valence-electron chi connectivity index (χ3n) is 4.65. The van der Waals surface area contributed by atoms with E-state index in [1.54, 1.807) is 24.3 Å². The summed E-state index contributed by atoms with van der Waals surface area (Å²) in [4.78, 5) is 37.3. The third kappa shape index (κ3) is 5.54. The van der Waals surface area contributed by atoms with Crippen LogP contribution >= 0.6 is 15.9 Å². The van der Waals surface area contributed by atoms with Gasteiger partial charge in [-0.05, 0) is 49.2 Å². The molecule has 0 unspecified atom stereocenters. The van der Waals surface area contributed by atoms with Crippen LogP contribution in [0.2, 0.25) is 0 Å². The van der Waals surface area contributed by atoms with Gasteiger partial charge in [-0.15, -0.1) is 0 Å². The lowest BCUT2D eigenvalue weighted by Gasteiger charge is -2.17. The van der Waals surface area contributed by atoms with Gasteiger partial charge in [0.1, 0.15) is 5.69 Å². The van der Waals surface area contributed by atoms with Crippen molar-refractivity contribution < 1.29 is 14.5 Å². The Morgan fingerprint density at radius 3 is 2.45 bits per heavy atom. The number of hydrogen-bond donors (Lipinski definition) is 2. The van der Waals surface area contributed by atoms with E-state index in [4.69, 9.17) is 0 Å². The molecule has 1 fully saturated rings. The Bertz CT molecular complexity index is 911. The maximum absolute atomic E-state index is 12.3. The molecule has 0 saturated carbocycles. The average Bonchev–Trinajstić information content (AvgIpc) is 3.24. The zero-order chi connectivity index (χ0) is 20.8. The number of rotatable bonds is 7. The Hall–Kier alpha value is -2.94. The number of hydrogen-bond acceptors (Lipinski definition) is 5. The zero-order valence-corrected chi connectivity index (χ0v) is 17.3. The molecule has 8 nitrogen and oxygen atoms in total. The molecule has 0 aromatic heterocycles. The third-order valence-corrected chi connectivity index (χ3v) is 5.18. The standard InChI is InChI=1S/C20H21BrN4O4/c21-15-4-6-16(7-5-15)23-19(26)9-10-22-20(27)14-3-8-17(18(13-14)25(28)29)24-11-1-2-12-24/h3-8,13H,1-2,9-12H2,(H,22,27)(H,23,26). The van der Waals surface area contributed by atoms with Crippen molar-refractivity contribution in [1.29, 1.82) is 0 Å². The summed E-state index contributed by atoms with van der Waals surface area (Å²) in [7, 11) is 0. The summed E-state index contributed by atoms with van der Waals surface area (Å²) in [6.45, 7) is 1.68. The molecular weight excluding hydrogens is 440 g/mol. The summed E-state index contributed by atoms with van der Waals surface area (Å²) < 4.78 is 0.910. The van der Waals surface area contributed by atoms with Crippen molar-refractivity contribution in [2.45, 2.75) is 19.3 Å². The molecule has 29 heavy (non-hydrogen) atoms. The van der Waals surface area contributed by atoms with Gasteiger partial charge in [-0.1, -0.05) is 15.9 Å². The first-order chi connectivity index (χ1) is 13.9. The van der Waals surface area contributed by atoms with Gasteiger partial charge in [-0.25, -0.2) is 0 Å². The van der Waals surface area contributed by atoms with Gasteiger partial charge >= 0.3 is 0 Å². The molecule has 0 radical (unpaired) electrons. The second-order valence-corrected chi connectivity index (χ2v) is 7.63. The number of amides is 2. The lowest BCUT2D eigenvalue weighted by atomic mass is 10.1. The van der Waals surface area contributed by atoms with E-state index in [-0.39, 0.29) is 30.1 Å². The van der Waals surface area contributed by atoms with Crippen LogP contribution in [0.25, 0.3) is 0 Å². The molecule has 1 heterocycles. The molecule has 2 aromatic rings. The van der Waals surface area contributed by atoms with Crippen molar-refractivity contribution in [3.63, 3.8) is 0 Å². The van der Waals surface area contributed by atoms with Crippen molar-refractivity contribution in [1.82, 2.24) is 5.32 Å². The highest BCUT2D eigenvalue weighted by atomic mass is 79.9. The van der Waals surface area contributed by atoms with Crippen LogP contribution in [0, 0.1) is 10.1 Å². The molecule has 0 aliphatic carbocycles. The molecule has 0 bridgehead atoms. The van der Waals surface area contributed by atoms with Crippen LogP contribution in [0.4, 0.5) is 17.1 Å². The highest BCUT2D eigenvalue weighted by Crippen LogP contribution is 2.31. The topological polar surface area (TPSA) is 105 Å². The Morgan fingerprint density at radius 1 is 1.10 bits per heavy atom. The summed E-state index contributed by atoms with van der Waals surface area (Å²) in [6, 6.07) is 11.7. The van der Waals surface area contributed by atoms with Crippen LogP contribution in [0.3, 0.4) is 0 Å². The van der Waals surface area contributed by atoms with E-state index in [0.29, 0.717) is 11.4 Å². The average molecular weight is 461 g/mol. The number of carbonyl (C=O) groups excluding carboxylic acids is 2. The maximum Gasteiger partial charge on any atom is 0.293 e. The molecule has 2 amide bonds. The van der Waals surface area contributed by atoms with Gasteiger partial charge in [0.25, 0.3) is 11.6 Å². The number of anilines is 2. The van der Waals surface area contributed by atoms with Gasteiger partial charge < -0.3 is 15.5 Å². The fourth-order valence-electron chi connectivity index (χ4n) is 3.18. The normalized spacial score (nSPS) is 13.2. The lowest BCUT2D eigenvalue weighted by molar-refractivity contribution is -0.384. The molecule has 9 heteroatoms. The van der Waals surface area contributed by atoms with Crippen LogP contribution in [-0.2, 0) is 4.79 Å². The number of nitro groups is 1. The van der Waals surface area contributed by atoms with Crippen molar-refractivity contribution in [2.24, 2.45) is 0 Å². The molecule has 3 rings (SSSR count). The highest BCUT2D eigenvalue weighted by molar-refractivity contribution is 9.10. The molecule has 0 spiro atoms. The zero-order valence-electron chi connectivity index (χ0n) is 15.7. The SMILES string of the molecule is O=C(CCNC(=O)c1ccc(N2CCCC2)c([N+](=O)[O-])c1)Nc1ccc(Br)cc1. The highest BCUT2D eigenvalue weighted by Gasteiger charge is 2.23. The lowest BCUT2D eigenvalue weighted by Crippen LogP contribution is -2.28. The first-order valence-corrected chi connectivity index (χ1v) is 10.1. The fraction of sp³-hybridized carbons (Fsp3) is 0.300. The number of nitrogens with one attached hydrogen (secondary N) is 2. The fourth-order valence-corrected chi connectivity index (χ4v) is 3.45. The predicted molar refractivity (Wildman–Crippen MR) is 114 cm³/mol. The van der Waals surface area contributed by atoms with Crippen LogP contribution in [0.15, 0.2) is 46.9 Å². The minimum atomic E-state index is -0.462. The molecule has 1 aliphatic rings. The number of nitro benzene ring substituents is 1. The second-order valence-electron chi connectivity index (χ2n) is 6.72. The Balaban J connectivity index is 1.56. The molecule has 1 aliphatic heterocycles. The summed E-state index contributed by atoms with van der Waals surface area (Å²) in [6.07, 6.45) is 2.10. The molecular formula is C20H21BrN4O4. The van der Waals surface area contributed by atoms with Crippen LogP contribution in [0.5, 0.6) is 0 Å². The first-order valence-electron chi connectivity index (χ1n) is 9.31. The first kappa shape index (κ1) is 20.8. The molecule has 1 saturated heterocycles. The molecule has 0 atom stereocenters. The minimum absolute atomic E-state index is 0.0764. The Kier molecular flexibility index (Phi) is 6.82. The largest absolute Gasteiger partial charge is 0.366 e. The molecule has 152 valence electrons. The Labute approximate surface area is 176 Å². The van der Waals surface area contributed by atoms with E-state index in [2.05, 4.69) is 26.6 Å². The summed E-state index contributed by atoms with van der Waals surface area (Å²) in [5.74, 6) is -0.680.